The van der Waals surface area contributed by atoms with Crippen LogP contribution in [-0.2, 0) is 0 Å². The van der Waals surface area contributed by atoms with Crippen LogP contribution in [0.4, 0.5) is 0 Å². The quantitative estimate of drug-likeness (QED) is 0.647. The van der Waals surface area contributed by atoms with E-state index in [1.807, 2.05) is 30.3 Å². The summed E-state index contributed by atoms with van der Waals surface area (Å²) < 4.78 is 16.9. The van der Waals surface area contributed by atoms with E-state index in [4.69, 9.17) is 14.2 Å². The zero-order chi connectivity index (χ0) is 18.3. The third kappa shape index (κ3) is 5.93. The van der Waals surface area contributed by atoms with E-state index in [1.165, 1.54) is 0 Å². The van der Waals surface area contributed by atoms with Crippen molar-refractivity contribution in [3.8, 4) is 28.6 Å². The Morgan fingerprint density at radius 1 is 1.00 bits per heavy atom. The molecule has 25 heavy (non-hydrogen) atoms. The van der Waals surface area contributed by atoms with Crippen LogP contribution in [0.15, 0.2) is 30.3 Å². The maximum atomic E-state index is 5.92. The molecule has 2 aromatic rings. The summed E-state index contributed by atoms with van der Waals surface area (Å²) in [4.78, 5) is 0. The monoisotopic (exact) mass is 344 g/mol. The lowest BCUT2D eigenvalue weighted by Gasteiger charge is -2.18. The highest BCUT2D eigenvalue weighted by Gasteiger charge is 2.13. The van der Waals surface area contributed by atoms with Gasteiger partial charge in [0.2, 0.25) is 5.88 Å². The van der Waals surface area contributed by atoms with Crippen LogP contribution in [0, 0.1) is 5.41 Å². The van der Waals surface area contributed by atoms with E-state index in [-0.39, 0.29) is 5.41 Å². The van der Waals surface area contributed by atoms with Gasteiger partial charge in [0.05, 0.1) is 26.0 Å². The number of methoxy groups -OCH3 is 1. The number of aromatic nitrogens is 2. The summed E-state index contributed by atoms with van der Waals surface area (Å²) in [6.07, 6.45) is 2.08. The molecular weight excluding hydrogens is 316 g/mol. The van der Waals surface area contributed by atoms with Crippen molar-refractivity contribution in [1.29, 1.82) is 0 Å². The first-order valence-corrected chi connectivity index (χ1v) is 8.70. The predicted molar refractivity (Wildman–Crippen MR) is 99.4 cm³/mol. The zero-order valence-corrected chi connectivity index (χ0v) is 15.8. The van der Waals surface area contributed by atoms with E-state index in [9.17, 15) is 0 Å². The Morgan fingerprint density at radius 2 is 1.80 bits per heavy atom. The first kappa shape index (κ1) is 19.0. The highest BCUT2D eigenvalue weighted by molar-refractivity contribution is 5.68. The van der Waals surface area contributed by atoms with Gasteiger partial charge in [-0.1, -0.05) is 34.1 Å². The highest BCUT2D eigenvalue weighted by atomic mass is 16.5. The second-order valence-electron chi connectivity index (χ2n) is 7.17. The Kier molecular flexibility index (Phi) is 6.62. The number of hydrogen-bond acceptors (Lipinski definition) is 5. The van der Waals surface area contributed by atoms with Crippen LogP contribution in [0.2, 0.25) is 0 Å². The Bertz CT molecular complexity index is 664. The lowest BCUT2D eigenvalue weighted by Crippen LogP contribution is -2.17. The molecule has 0 amide bonds. The van der Waals surface area contributed by atoms with Crippen molar-refractivity contribution < 1.29 is 14.2 Å². The lowest BCUT2D eigenvalue weighted by molar-refractivity contribution is 0.190. The van der Waals surface area contributed by atoms with E-state index < -0.39 is 0 Å². The second kappa shape index (κ2) is 8.70. The number of unbranched alkanes of at least 4 members (excludes halogenated alkanes) is 1. The second-order valence-corrected chi connectivity index (χ2v) is 7.17. The molecule has 0 radical (unpaired) electrons. The number of nitrogens with zero attached hydrogens (tertiary/aromatic N) is 2. The molecule has 0 N–H and O–H groups in total. The molecule has 5 nitrogen and oxygen atoms in total. The summed E-state index contributed by atoms with van der Waals surface area (Å²) in [5, 5.41) is 8.48. The van der Waals surface area contributed by atoms with Crippen molar-refractivity contribution in [2.24, 2.45) is 5.41 Å². The van der Waals surface area contributed by atoms with Gasteiger partial charge in [0.1, 0.15) is 11.5 Å². The molecule has 0 aliphatic rings. The molecule has 2 rings (SSSR count). The van der Waals surface area contributed by atoms with Crippen molar-refractivity contribution in [3.05, 3.63) is 30.3 Å². The first-order valence-electron chi connectivity index (χ1n) is 8.70. The minimum atomic E-state index is 0.0800. The Morgan fingerprint density at radius 3 is 2.40 bits per heavy atom. The number of rotatable bonds is 8. The molecule has 0 aliphatic carbocycles. The maximum Gasteiger partial charge on any atom is 0.233 e. The van der Waals surface area contributed by atoms with Gasteiger partial charge in [-0.15, -0.1) is 10.2 Å². The van der Waals surface area contributed by atoms with Crippen LogP contribution in [-0.4, -0.2) is 30.5 Å². The lowest BCUT2D eigenvalue weighted by atomic mass is 9.99. The predicted octanol–water partition coefficient (Wildman–Crippen LogP) is 4.76. The fourth-order valence-electron chi connectivity index (χ4n) is 2.12. The van der Waals surface area contributed by atoms with E-state index in [1.54, 1.807) is 7.11 Å². The Hall–Kier alpha value is -2.30. The molecule has 0 saturated heterocycles. The largest absolute Gasteiger partial charge is 0.497 e. The molecule has 0 atom stereocenters. The summed E-state index contributed by atoms with van der Waals surface area (Å²) in [7, 11) is 1.64. The Labute approximate surface area is 150 Å². The van der Waals surface area contributed by atoms with Crippen LogP contribution < -0.4 is 14.2 Å². The van der Waals surface area contributed by atoms with Gasteiger partial charge in [-0.25, -0.2) is 0 Å². The van der Waals surface area contributed by atoms with Crippen molar-refractivity contribution in [3.63, 3.8) is 0 Å². The minimum Gasteiger partial charge on any atom is -0.497 e. The maximum absolute atomic E-state index is 5.92. The fraction of sp³-hybridized carbons (Fsp3) is 0.500. The smallest absolute Gasteiger partial charge is 0.233 e. The Balaban J connectivity index is 2.18. The summed E-state index contributed by atoms with van der Waals surface area (Å²) >= 11 is 0. The van der Waals surface area contributed by atoms with Gasteiger partial charge in [-0.3, -0.25) is 0 Å². The number of hydrogen-bond donors (Lipinski definition) is 0. The van der Waals surface area contributed by atoms with Gasteiger partial charge in [-0.2, -0.15) is 0 Å². The molecule has 0 bridgehead atoms. The standard InChI is InChI=1S/C20H28N2O3/c1-6-7-12-24-18-13-15(23-5)8-9-16(18)17-10-11-19(22-21-17)25-14-20(2,3)4/h8-11,13H,6-7,12,14H2,1-5H3. The van der Waals surface area contributed by atoms with E-state index in [0.29, 0.717) is 19.1 Å². The SMILES string of the molecule is CCCCOc1cc(OC)ccc1-c1ccc(OCC(C)(C)C)nn1. The molecule has 0 aliphatic heterocycles. The van der Waals surface area contributed by atoms with Crippen LogP contribution >= 0.6 is 0 Å². The summed E-state index contributed by atoms with van der Waals surface area (Å²) in [5.74, 6) is 2.04. The van der Waals surface area contributed by atoms with Crippen molar-refractivity contribution in [1.82, 2.24) is 10.2 Å². The van der Waals surface area contributed by atoms with Gasteiger partial charge in [0.15, 0.2) is 0 Å². The molecule has 1 heterocycles. The third-order valence-electron chi connectivity index (χ3n) is 3.51. The van der Waals surface area contributed by atoms with Gasteiger partial charge in [0, 0.05) is 17.7 Å². The number of benzene rings is 1. The van der Waals surface area contributed by atoms with Crippen molar-refractivity contribution >= 4 is 0 Å². The molecule has 1 aromatic carbocycles. The van der Waals surface area contributed by atoms with Gasteiger partial charge >= 0.3 is 0 Å². The molecule has 0 saturated carbocycles. The molecular formula is C20H28N2O3. The van der Waals surface area contributed by atoms with Crippen molar-refractivity contribution in [2.45, 2.75) is 40.5 Å². The van der Waals surface area contributed by atoms with E-state index in [0.717, 1.165) is 35.6 Å². The van der Waals surface area contributed by atoms with Crippen LogP contribution in [0.3, 0.4) is 0 Å². The molecule has 0 unspecified atom stereocenters. The third-order valence-corrected chi connectivity index (χ3v) is 3.51. The molecule has 136 valence electrons. The summed E-state index contributed by atoms with van der Waals surface area (Å²) in [5.41, 5.74) is 1.72. The molecule has 0 fully saturated rings. The first-order chi connectivity index (χ1) is 11.9. The summed E-state index contributed by atoms with van der Waals surface area (Å²) in [6, 6.07) is 9.47. The highest BCUT2D eigenvalue weighted by Crippen LogP contribution is 2.32. The normalized spacial score (nSPS) is 11.2. The molecule has 1 aromatic heterocycles. The van der Waals surface area contributed by atoms with Crippen LogP contribution in [0.25, 0.3) is 11.3 Å². The molecule has 0 spiro atoms. The van der Waals surface area contributed by atoms with Gasteiger partial charge in [-0.05, 0) is 30.0 Å². The van der Waals surface area contributed by atoms with Crippen molar-refractivity contribution in [2.75, 3.05) is 20.3 Å². The van der Waals surface area contributed by atoms with E-state index >= 15 is 0 Å². The zero-order valence-electron chi connectivity index (χ0n) is 15.8. The van der Waals surface area contributed by atoms with Gasteiger partial charge < -0.3 is 14.2 Å². The van der Waals surface area contributed by atoms with Gasteiger partial charge in [0.25, 0.3) is 0 Å². The number of ether oxygens (including phenoxy) is 3. The topological polar surface area (TPSA) is 53.5 Å². The average molecular weight is 344 g/mol. The average Bonchev–Trinajstić information content (AvgIpc) is 2.60. The minimum absolute atomic E-state index is 0.0800. The summed E-state index contributed by atoms with van der Waals surface area (Å²) in [6.45, 7) is 9.74. The van der Waals surface area contributed by atoms with E-state index in [2.05, 4.69) is 37.9 Å². The fourth-order valence-corrected chi connectivity index (χ4v) is 2.12. The van der Waals surface area contributed by atoms with Crippen LogP contribution in [0.1, 0.15) is 40.5 Å². The molecule has 5 heteroatoms. The van der Waals surface area contributed by atoms with Crippen LogP contribution in [0.5, 0.6) is 17.4 Å².